The molecule has 0 N–H and O–H groups in total. The topological polar surface area (TPSA) is 17.1 Å². The van der Waals surface area contributed by atoms with E-state index in [1.165, 1.54) is 0 Å². The molecule has 0 amide bonds. The molecular formula is C11H11FO. The van der Waals surface area contributed by atoms with Crippen molar-refractivity contribution in [1.82, 2.24) is 0 Å². The van der Waals surface area contributed by atoms with Gasteiger partial charge in [0.15, 0.2) is 0 Å². The molecule has 0 heterocycles. The van der Waals surface area contributed by atoms with Crippen LogP contribution >= 0.6 is 0 Å². The highest BCUT2D eigenvalue weighted by molar-refractivity contribution is 5.68. The van der Waals surface area contributed by atoms with Crippen LogP contribution in [-0.4, -0.2) is 13.0 Å². The lowest BCUT2D eigenvalue weighted by Crippen LogP contribution is -2.07. The number of rotatable bonds is 3. The van der Waals surface area contributed by atoms with Gasteiger partial charge in [-0.2, -0.15) is 0 Å². The summed E-state index contributed by atoms with van der Waals surface area (Å²) in [5.74, 6) is 0.108. The summed E-state index contributed by atoms with van der Waals surface area (Å²) >= 11 is 0. The molecule has 1 saturated carbocycles. The van der Waals surface area contributed by atoms with Gasteiger partial charge in [-0.05, 0) is 17.9 Å². The average Bonchev–Trinajstić information content (AvgIpc) is 2.95. The molecule has 2 unspecified atom stereocenters. The maximum atomic E-state index is 12.5. The molecule has 0 bridgehead atoms. The first kappa shape index (κ1) is 8.42. The van der Waals surface area contributed by atoms with Crippen molar-refractivity contribution >= 4 is 6.29 Å². The summed E-state index contributed by atoms with van der Waals surface area (Å²) in [6.45, 7) is -0.532. The number of alkyl halides is 1. The van der Waals surface area contributed by atoms with Gasteiger partial charge in [0.1, 0.15) is 13.0 Å². The van der Waals surface area contributed by atoms with E-state index in [1.54, 1.807) is 0 Å². The van der Waals surface area contributed by atoms with Gasteiger partial charge in [0.25, 0.3) is 0 Å². The lowest BCUT2D eigenvalue weighted by atomic mass is 10.0. The van der Waals surface area contributed by atoms with Crippen LogP contribution in [0.5, 0.6) is 0 Å². The van der Waals surface area contributed by atoms with E-state index in [0.29, 0.717) is 6.42 Å². The Morgan fingerprint density at radius 1 is 1.46 bits per heavy atom. The highest BCUT2D eigenvalue weighted by Gasteiger charge is 2.55. The molecule has 1 aliphatic carbocycles. The Hall–Kier alpha value is -1.18. The highest BCUT2D eigenvalue weighted by Crippen LogP contribution is 2.57. The van der Waals surface area contributed by atoms with Crippen LogP contribution in [0.1, 0.15) is 17.9 Å². The van der Waals surface area contributed by atoms with Gasteiger partial charge < -0.3 is 4.79 Å². The molecule has 68 valence electrons. The van der Waals surface area contributed by atoms with E-state index in [1.807, 2.05) is 30.3 Å². The van der Waals surface area contributed by atoms with Gasteiger partial charge in [0.2, 0.25) is 0 Å². The van der Waals surface area contributed by atoms with Crippen LogP contribution in [0.15, 0.2) is 30.3 Å². The van der Waals surface area contributed by atoms with Crippen molar-refractivity contribution < 1.29 is 9.18 Å². The molecule has 1 aromatic carbocycles. The molecule has 1 fully saturated rings. The van der Waals surface area contributed by atoms with Crippen molar-refractivity contribution in [3.05, 3.63) is 35.9 Å². The minimum Gasteiger partial charge on any atom is -0.303 e. The normalized spacial score (nSPS) is 31.3. The number of carbonyl (C=O) groups excluding carboxylic acids is 1. The summed E-state index contributed by atoms with van der Waals surface area (Å²) < 4.78 is 12.5. The van der Waals surface area contributed by atoms with Crippen molar-refractivity contribution in [3.63, 3.8) is 0 Å². The number of halogens is 1. The van der Waals surface area contributed by atoms with Crippen molar-refractivity contribution in [2.75, 3.05) is 6.67 Å². The monoisotopic (exact) mass is 178 g/mol. The standard InChI is InChI=1S/C11H11FO/c12-7-11(8-13)6-10(11)9-4-2-1-3-5-9/h1-5,8,10H,6-7H2. The molecule has 1 aromatic rings. The summed E-state index contributed by atoms with van der Waals surface area (Å²) in [5.41, 5.74) is 0.383. The number of benzene rings is 1. The number of aldehydes is 1. The summed E-state index contributed by atoms with van der Waals surface area (Å²) in [6, 6.07) is 9.66. The zero-order valence-corrected chi connectivity index (χ0v) is 7.24. The summed E-state index contributed by atoms with van der Waals surface area (Å²) in [5, 5.41) is 0. The average molecular weight is 178 g/mol. The van der Waals surface area contributed by atoms with Gasteiger partial charge >= 0.3 is 0 Å². The van der Waals surface area contributed by atoms with E-state index in [2.05, 4.69) is 0 Å². The van der Waals surface area contributed by atoms with E-state index < -0.39 is 12.1 Å². The van der Waals surface area contributed by atoms with Gasteiger partial charge in [-0.3, -0.25) is 0 Å². The number of hydrogen-bond acceptors (Lipinski definition) is 1. The molecule has 0 aliphatic heterocycles. The van der Waals surface area contributed by atoms with E-state index in [-0.39, 0.29) is 5.92 Å². The maximum absolute atomic E-state index is 12.5. The number of carbonyl (C=O) groups is 1. The molecule has 0 radical (unpaired) electrons. The van der Waals surface area contributed by atoms with Crippen molar-refractivity contribution in [3.8, 4) is 0 Å². The quantitative estimate of drug-likeness (QED) is 0.649. The molecule has 0 saturated heterocycles. The van der Waals surface area contributed by atoms with Crippen LogP contribution in [0.25, 0.3) is 0 Å². The Labute approximate surface area is 76.6 Å². The molecule has 0 spiro atoms. The third-order valence-corrected chi connectivity index (χ3v) is 2.80. The third-order valence-electron chi connectivity index (χ3n) is 2.80. The summed E-state index contributed by atoms with van der Waals surface area (Å²) in [7, 11) is 0. The molecule has 2 atom stereocenters. The van der Waals surface area contributed by atoms with Gasteiger partial charge in [-0.15, -0.1) is 0 Å². The highest BCUT2D eigenvalue weighted by atomic mass is 19.1. The maximum Gasteiger partial charge on any atom is 0.129 e. The van der Waals surface area contributed by atoms with Crippen molar-refractivity contribution in [1.29, 1.82) is 0 Å². The molecule has 2 heteroatoms. The van der Waals surface area contributed by atoms with Crippen LogP contribution < -0.4 is 0 Å². The van der Waals surface area contributed by atoms with Gasteiger partial charge in [0, 0.05) is 0 Å². The van der Waals surface area contributed by atoms with Crippen molar-refractivity contribution in [2.45, 2.75) is 12.3 Å². The molecule has 0 aromatic heterocycles. The molecular weight excluding hydrogens is 167 g/mol. The Morgan fingerprint density at radius 2 is 2.15 bits per heavy atom. The largest absolute Gasteiger partial charge is 0.303 e. The third kappa shape index (κ3) is 1.26. The van der Waals surface area contributed by atoms with E-state index in [0.717, 1.165) is 11.8 Å². The van der Waals surface area contributed by atoms with E-state index in [9.17, 15) is 9.18 Å². The smallest absolute Gasteiger partial charge is 0.129 e. The first-order chi connectivity index (χ1) is 6.32. The Morgan fingerprint density at radius 3 is 2.62 bits per heavy atom. The molecule has 1 nitrogen and oxygen atoms in total. The van der Waals surface area contributed by atoms with E-state index >= 15 is 0 Å². The Bertz CT molecular complexity index is 309. The van der Waals surface area contributed by atoms with E-state index in [4.69, 9.17) is 0 Å². The molecule has 1 aliphatic rings. The van der Waals surface area contributed by atoms with Gasteiger partial charge in [-0.25, -0.2) is 4.39 Å². The van der Waals surface area contributed by atoms with Crippen LogP contribution in [0, 0.1) is 5.41 Å². The molecule has 2 rings (SSSR count). The van der Waals surface area contributed by atoms with Gasteiger partial charge in [-0.1, -0.05) is 30.3 Å². The fourth-order valence-electron chi connectivity index (χ4n) is 1.77. The lowest BCUT2D eigenvalue weighted by molar-refractivity contribution is -0.112. The SMILES string of the molecule is O=CC1(CF)CC1c1ccccc1. The zero-order chi connectivity index (χ0) is 9.31. The predicted octanol–water partition coefficient (Wildman–Crippen LogP) is 2.33. The van der Waals surface area contributed by atoms with Crippen LogP contribution in [-0.2, 0) is 4.79 Å². The van der Waals surface area contributed by atoms with Crippen molar-refractivity contribution in [2.24, 2.45) is 5.41 Å². The molecule has 13 heavy (non-hydrogen) atoms. The fraction of sp³-hybridized carbons (Fsp3) is 0.364. The van der Waals surface area contributed by atoms with Crippen LogP contribution in [0.2, 0.25) is 0 Å². The zero-order valence-electron chi connectivity index (χ0n) is 7.24. The fourth-order valence-corrected chi connectivity index (χ4v) is 1.77. The minimum absolute atomic E-state index is 0.108. The number of hydrogen-bond donors (Lipinski definition) is 0. The first-order valence-electron chi connectivity index (χ1n) is 4.40. The second-order valence-corrected chi connectivity index (χ2v) is 3.65. The first-order valence-corrected chi connectivity index (χ1v) is 4.40. The Balaban J connectivity index is 2.20. The predicted molar refractivity (Wildman–Crippen MR) is 48.3 cm³/mol. The minimum atomic E-state index is -0.693. The summed E-state index contributed by atoms with van der Waals surface area (Å²) in [4.78, 5) is 10.7. The second kappa shape index (κ2) is 2.95. The van der Waals surface area contributed by atoms with Crippen LogP contribution in [0.3, 0.4) is 0 Å². The Kier molecular flexibility index (Phi) is 1.91. The van der Waals surface area contributed by atoms with Crippen LogP contribution in [0.4, 0.5) is 4.39 Å². The van der Waals surface area contributed by atoms with Gasteiger partial charge in [0.05, 0.1) is 5.41 Å². The summed E-state index contributed by atoms with van der Waals surface area (Å²) in [6.07, 6.45) is 1.43. The lowest BCUT2D eigenvalue weighted by Gasteiger charge is -2.03. The second-order valence-electron chi connectivity index (χ2n) is 3.65.